The Morgan fingerprint density at radius 1 is 0.879 bits per heavy atom. The van der Waals surface area contributed by atoms with Crippen LogP contribution in [0.15, 0.2) is 63.2 Å². The number of carbonyl (C=O) groups excluding carboxylic acids is 1. The monoisotopic (exact) mass is 497 g/mol. The van der Waals surface area contributed by atoms with Gasteiger partial charge in [-0.1, -0.05) is 17.8 Å². The molecular weight excluding hydrogens is 485 g/mol. The second-order valence-corrected chi connectivity index (χ2v) is 10.0. The lowest BCUT2D eigenvalue weighted by atomic mass is 10.1. The number of carbonyl (C=O) groups is 1. The van der Waals surface area contributed by atoms with Gasteiger partial charge in [0.1, 0.15) is 29.1 Å². The topological polar surface area (TPSA) is 63.2 Å². The van der Waals surface area contributed by atoms with Crippen molar-refractivity contribution in [1.82, 2.24) is 0 Å². The van der Waals surface area contributed by atoms with E-state index in [0.29, 0.717) is 12.1 Å². The molecule has 0 spiro atoms. The number of amides is 1. The van der Waals surface area contributed by atoms with E-state index in [9.17, 15) is 35.2 Å². The summed E-state index contributed by atoms with van der Waals surface area (Å²) in [6.07, 6.45) is 0.878. The van der Waals surface area contributed by atoms with Gasteiger partial charge in [0.15, 0.2) is 9.84 Å². The summed E-state index contributed by atoms with van der Waals surface area (Å²) in [6.45, 7) is 0. The number of sulfone groups is 1. The first-order chi connectivity index (χ1) is 15.5. The maximum Gasteiger partial charge on any atom is 0.262 e. The number of hydrogen-bond acceptors (Lipinski definition) is 4. The highest BCUT2D eigenvalue weighted by Gasteiger charge is 2.26. The molecule has 0 fully saturated rings. The van der Waals surface area contributed by atoms with Crippen molar-refractivity contribution in [3.8, 4) is 0 Å². The number of benzene rings is 3. The molecule has 0 radical (unpaired) electrons. The summed E-state index contributed by atoms with van der Waals surface area (Å²) in [7, 11) is -4.19. The zero-order valence-electron chi connectivity index (χ0n) is 16.3. The highest BCUT2D eigenvalue weighted by Crippen LogP contribution is 2.41. The second kappa shape index (κ2) is 8.64. The zero-order chi connectivity index (χ0) is 23.9. The third-order valence-corrected chi connectivity index (χ3v) is 7.44. The van der Waals surface area contributed by atoms with Gasteiger partial charge in [-0.05, 0) is 36.4 Å². The molecule has 1 aliphatic rings. The molecule has 0 saturated carbocycles. The van der Waals surface area contributed by atoms with Gasteiger partial charge in [0, 0.05) is 28.2 Å². The molecule has 11 heteroatoms. The van der Waals surface area contributed by atoms with Crippen LogP contribution in [0, 0.1) is 29.1 Å². The first-order valence-electron chi connectivity index (χ1n) is 9.20. The maximum atomic E-state index is 14.0. The molecule has 1 heterocycles. The molecular formula is C22H12F5NO3S2. The number of fused-ring (bicyclic) bond motifs is 1. The molecule has 0 aliphatic carbocycles. The van der Waals surface area contributed by atoms with E-state index in [4.69, 9.17) is 0 Å². The van der Waals surface area contributed by atoms with E-state index in [-0.39, 0.29) is 20.4 Å². The van der Waals surface area contributed by atoms with Gasteiger partial charge in [-0.2, -0.15) is 0 Å². The Hall–Kier alpha value is -3.18. The highest BCUT2D eigenvalue weighted by molar-refractivity contribution is 8.04. The number of halogens is 5. The predicted octanol–water partition coefficient (Wildman–Crippen LogP) is 5.44. The van der Waals surface area contributed by atoms with E-state index in [1.54, 1.807) is 0 Å². The average molecular weight is 497 g/mol. The van der Waals surface area contributed by atoms with Crippen molar-refractivity contribution in [3.63, 3.8) is 0 Å². The minimum Gasteiger partial charge on any atom is -0.320 e. The summed E-state index contributed by atoms with van der Waals surface area (Å²) >= 11 is 0.734. The van der Waals surface area contributed by atoms with Crippen LogP contribution in [0.2, 0.25) is 0 Å². The van der Waals surface area contributed by atoms with E-state index < -0.39 is 61.7 Å². The Bertz CT molecular complexity index is 1390. The van der Waals surface area contributed by atoms with Crippen molar-refractivity contribution in [2.75, 3.05) is 5.32 Å². The fourth-order valence-corrected chi connectivity index (χ4v) is 5.54. The van der Waals surface area contributed by atoms with Gasteiger partial charge in [-0.3, -0.25) is 4.79 Å². The van der Waals surface area contributed by atoms with E-state index in [1.807, 2.05) is 0 Å². The normalized spacial score (nSPS) is 14.8. The summed E-state index contributed by atoms with van der Waals surface area (Å²) in [4.78, 5) is 12.1. The summed E-state index contributed by atoms with van der Waals surface area (Å²) in [6, 6.07) is 7.55. The predicted molar refractivity (Wildman–Crippen MR) is 112 cm³/mol. The van der Waals surface area contributed by atoms with Crippen LogP contribution in [0.25, 0.3) is 6.08 Å². The Labute approximate surface area is 189 Å². The molecule has 33 heavy (non-hydrogen) atoms. The number of rotatable bonds is 4. The molecule has 0 unspecified atom stereocenters. The summed E-state index contributed by atoms with van der Waals surface area (Å²) in [5, 5.41) is 2.47. The minimum absolute atomic E-state index is 0.179. The summed E-state index contributed by atoms with van der Waals surface area (Å²) in [5.74, 6) is -7.22. The van der Waals surface area contributed by atoms with E-state index in [1.165, 1.54) is 18.2 Å². The first kappa shape index (κ1) is 23.0. The lowest BCUT2D eigenvalue weighted by Gasteiger charge is -2.19. The molecule has 0 aromatic heterocycles. The molecule has 1 N–H and O–H groups in total. The fraction of sp³-hybridized carbons (Fsp3) is 0.0455. The number of nitrogens with one attached hydrogen (secondary N) is 1. The highest BCUT2D eigenvalue weighted by atomic mass is 32.2. The van der Waals surface area contributed by atoms with Crippen LogP contribution in [0.1, 0.15) is 11.1 Å². The van der Waals surface area contributed by atoms with Crippen LogP contribution in [0.5, 0.6) is 0 Å². The van der Waals surface area contributed by atoms with Crippen LogP contribution in [-0.4, -0.2) is 14.3 Å². The minimum atomic E-state index is -4.19. The Morgan fingerprint density at radius 3 is 2.15 bits per heavy atom. The maximum absolute atomic E-state index is 14.0. The second-order valence-electron chi connectivity index (χ2n) is 6.97. The Balaban J connectivity index is 1.69. The van der Waals surface area contributed by atoms with E-state index in [0.717, 1.165) is 36.0 Å². The number of hydrogen-bond donors (Lipinski definition) is 1. The smallest absolute Gasteiger partial charge is 0.262 e. The van der Waals surface area contributed by atoms with Crippen LogP contribution >= 0.6 is 11.8 Å². The van der Waals surface area contributed by atoms with Crippen molar-refractivity contribution in [1.29, 1.82) is 0 Å². The van der Waals surface area contributed by atoms with Gasteiger partial charge in [0.25, 0.3) is 5.91 Å². The van der Waals surface area contributed by atoms with E-state index >= 15 is 0 Å². The number of thioether (sulfide) groups is 1. The average Bonchev–Trinajstić information content (AvgIpc) is 2.73. The lowest BCUT2D eigenvalue weighted by molar-refractivity contribution is -0.112. The quantitative estimate of drug-likeness (QED) is 0.385. The van der Waals surface area contributed by atoms with Gasteiger partial charge < -0.3 is 5.32 Å². The van der Waals surface area contributed by atoms with Crippen LogP contribution in [0.4, 0.5) is 27.6 Å². The van der Waals surface area contributed by atoms with Crippen molar-refractivity contribution >= 4 is 39.3 Å². The molecule has 1 aliphatic heterocycles. The summed E-state index contributed by atoms with van der Waals surface area (Å²) in [5.41, 5.74) is -1.02. The molecule has 170 valence electrons. The standard InChI is InChI=1S/C22H12F5NO3S2/c23-11-6-17(26)13(18(27)7-11)9-21-22(29)28-19-5-4-12(8-20(19)32-21)33(30,31)10-14-15(24)2-1-3-16(14)25/h1-9H,10H2,(H,28,29)/b21-9-. The largest absolute Gasteiger partial charge is 0.320 e. The summed E-state index contributed by atoms with van der Waals surface area (Å²) < 4.78 is 94.5. The molecule has 4 rings (SSSR count). The van der Waals surface area contributed by atoms with Gasteiger partial charge >= 0.3 is 0 Å². The molecule has 0 atom stereocenters. The molecule has 3 aromatic carbocycles. The van der Waals surface area contributed by atoms with Crippen LogP contribution in [0.3, 0.4) is 0 Å². The van der Waals surface area contributed by atoms with Crippen molar-refractivity contribution in [2.45, 2.75) is 15.5 Å². The van der Waals surface area contributed by atoms with Crippen molar-refractivity contribution in [2.24, 2.45) is 0 Å². The van der Waals surface area contributed by atoms with Crippen molar-refractivity contribution in [3.05, 3.63) is 93.6 Å². The lowest BCUT2D eigenvalue weighted by Crippen LogP contribution is -2.18. The molecule has 4 nitrogen and oxygen atoms in total. The first-order valence-corrected chi connectivity index (χ1v) is 11.7. The van der Waals surface area contributed by atoms with Gasteiger partial charge in [0.05, 0.1) is 21.2 Å². The SMILES string of the molecule is O=C1Nc2ccc(S(=O)(=O)Cc3c(F)cccc3F)cc2S/C1=C\c1c(F)cc(F)cc1F. The zero-order valence-corrected chi connectivity index (χ0v) is 18.0. The third-order valence-electron chi connectivity index (χ3n) is 4.72. The van der Waals surface area contributed by atoms with E-state index in [2.05, 4.69) is 5.32 Å². The molecule has 0 bridgehead atoms. The Kier molecular flexibility index (Phi) is 6.02. The molecule has 0 saturated heterocycles. The van der Waals surface area contributed by atoms with Crippen LogP contribution in [-0.2, 0) is 20.4 Å². The van der Waals surface area contributed by atoms with Crippen molar-refractivity contribution < 1.29 is 35.2 Å². The molecule has 3 aromatic rings. The van der Waals surface area contributed by atoms with Gasteiger partial charge in [-0.25, -0.2) is 30.4 Å². The Morgan fingerprint density at radius 2 is 1.52 bits per heavy atom. The number of anilines is 1. The van der Waals surface area contributed by atoms with Crippen LogP contribution < -0.4 is 5.32 Å². The third kappa shape index (κ3) is 4.64. The van der Waals surface area contributed by atoms with Gasteiger partial charge in [0.2, 0.25) is 0 Å². The molecule has 1 amide bonds. The van der Waals surface area contributed by atoms with Gasteiger partial charge in [-0.15, -0.1) is 0 Å². The fourth-order valence-electron chi connectivity index (χ4n) is 3.09.